The highest BCUT2D eigenvalue weighted by atomic mass is 32.1. The number of rotatable bonds is 4. The van der Waals surface area contributed by atoms with Crippen molar-refractivity contribution in [3.63, 3.8) is 0 Å². The summed E-state index contributed by atoms with van der Waals surface area (Å²) in [5.74, 6) is 0. The minimum absolute atomic E-state index is 0.0614. The first-order valence-corrected chi connectivity index (χ1v) is 27.2. The number of hydrogen-bond acceptors (Lipinski definition) is 3. The molecule has 0 atom stereocenters. The van der Waals surface area contributed by atoms with E-state index in [2.05, 4.69) is 230 Å². The summed E-state index contributed by atoms with van der Waals surface area (Å²) in [6.45, 7) is 26.3. The third-order valence-corrected chi connectivity index (χ3v) is 19.0. The summed E-state index contributed by atoms with van der Waals surface area (Å²) in [7, 11) is 3.01. The number of anilines is 3. The van der Waals surface area contributed by atoms with Crippen molar-refractivity contribution >= 4 is 99.9 Å². The Labute approximate surface area is 435 Å². The van der Waals surface area contributed by atoms with Crippen LogP contribution in [0.3, 0.4) is 0 Å². The maximum absolute atomic E-state index is 4.72. The van der Waals surface area contributed by atoms with Crippen LogP contribution in [0, 0.1) is 0 Å². The second-order valence-corrected chi connectivity index (χ2v) is 25.8. The first-order chi connectivity index (χ1) is 34.9. The van der Waals surface area contributed by atoms with Crippen LogP contribution in [0.4, 0.5) is 17.1 Å². The molecule has 0 saturated heterocycles. The number of benzene rings is 8. The molecule has 2 aliphatic heterocycles. The fourth-order valence-corrected chi connectivity index (χ4v) is 14.6. The van der Waals surface area contributed by atoms with Gasteiger partial charge in [-0.1, -0.05) is 159 Å². The van der Waals surface area contributed by atoms with Gasteiger partial charge in [0.2, 0.25) is 0 Å². The van der Waals surface area contributed by atoms with Gasteiger partial charge in [-0.25, -0.2) is 0 Å². The van der Waals surface area contributed by atoms with Gasteiger partial charge in [0.1, 0.15) is 0 Å². The van der Waals surface area contributed by atoms with Crippen LogP contribution in [0.2, 0.25) is 0 Å². The van der Waals surface area contributed by atoms with Gasteiger partial charge in [-0.2, -0.15) is 0 Å². The van der Waals surface area contributed by atoms with Gasteiger partial charge in [-0.05, 0) is 151 Å². The number of fused-ring (bicyclic) bond motifs is 13. The fourth-order valence-electron chi connectivity index (χ4n) is 13.5. The highest BCUT2D eigenvalue weighted by molar-refractivity contribution is 7.25. The number of aromatic nitrogens is 1. The van der Waals surface area contributed by atoms with Gasteiger partial charge in [-0.15, -0.1) is 11.3 Å². The molecule has 3 nitrogen and oxygen atoms in total. The van der Waals surface area contributed by atoms with Crippen LogP contribution in [-0.4, -0.2) is 18.9 Å². The van der Waals surface area contributed by atoms with Gasteiger partial charge in [0.05, 0.1) is 11.2 Å². The Balaban J connectivity index is 1.04. The van der Waals surface area contributed by atoms with Gasteiger partial charge in [0.15, 0.2) is 7.28 Å². The monoisotopic (exact) mass is 963 g/mol. The Hall–Kier alpha value is -7.08. The van der Waals surface area contributed by atoms with E-state index in [1.807, 2.05) is 11.3 Å². The molecule has 0 fully saturated rings. The summed E-state index contributed by atoms with van der Waals surface area (Å²) in [6.07, 6.45) is 4.65. The molecule has 10 aromatic rings. The highest BCUT2D eigenvalue weighted by Crippen LogP contribution is 2.56. The van der Waals surface area contributed by atoms with E-state index in [1.54, 1.807) is 0 Å². The molecule has 0 saturated carbocycles. The standard InChI is InChI=1S/C68H62BN3S/c1-38-29-57(39-17-13-12-14-18-39)71(11)58-37-60-55(32-45(38)58)69-63-43(25-26-44-49-34-62-50(33-59(49)72(60)64(44)63)42-19-15-16-20-61(42)73-62)48-30-46-47-31-53-54(67(7,8)28-27-66(53,5)6)35-51(47)68(9,10)52(46)36-56(48)70-41-23-21-40(22-24-41)65(2,3)4/h12-26,29-37,69-70H,1,27-28H2,2-11H3. The van der Waals surface area contributed by atoms with E-state index >= 15 is 0 Å². The van der Waals surface area contributed by atoms with Crippen molar-refractivity contribution in [1.82, 2.24) is 4.57 Å². The van der Waals surface area contributed by atoms with E-state index in [4.69, 9.17) is 6.58 Å². The summed E-state index contributed by atoms with van der Waals surface area (Å²) >= 11 is 1.90. The fraction of sp³-hybridized carbons (Fsp3) is 0.235. The minimum Gasteiger partial charge on any atom is -0.355 e. The molecule has 0 spiro atoms. The second kappa shape index (κ2) is 15.0. The molecule has 0 amide bonds. The van der Waals surface area contributed by atoms with Crippen molar-refractivity contribution in [2.75, 3.05) is 17.3 Å². The van der Waals surface area contributed by atoms with Crippen LogP contribution < -0.4 is 21.1 Å². The van der Waals surface area contributed by atoms with Crippen LogP contribution in [0.1, 0.15) is 114 Å². The molecule has 0 bridgehead atoms. The molecular formula is C68H62BN3S. The second-order valence-electron chi connectivity index (χ2n) is 24.7. The largest absolute Gasteiger partial charge is 0.355 e. The quantitative estimate of drug-likeness (QED) is 0.177. The molecule has 2 aromatic heterocycles. The molecule has 358 valence electrons. The zero-order chi connectivity index (χ0) is 50.2. The number of hydrogen-bond donors (Lipinski definition) is 1. The molecule has 8 aromatic carbocycles. The number of nitrogens with zero attached hydrogens (tertiary/aromatic N) is 2. The Kier molecular flexibility index (Phi) is 9.18. The lowest BCUT2D eigenvalue weighted by Crippen LogP contribution is -2.38. The predicted molar refractivity (Wildman–Crippen MR) is 319 cm³/mol. The van der Waals surface area contributed by atoms with E-state index in [-0.39, 0.29) is 21.7 Å². The van der Waals surface area contributed by atoms with Gasteiger partial charge in [0, 0.05) is 82.8 Å². The minimum atomic E-state index is -0.188. The van der Waals surface area contributed by atoms with Crippen LogP contribution in [-0.2, 0) is 21.7 Å². The van der Waals surface area contributed by atoms with E-state index in [9.17, 15) is 0 Å². The summed E-state index contributed by atoms with van der Waals surface area (Å²) in [4.78, 5) is 2.37. The number of thiophene rings is 1. The average molecular weight is 964 g/mol. The average Bonchev–Trinajstić information content (AvgIpc) is 3.98. The van der Waals surface area contributed by atoms with Gasteiger partial charge in [-0.3, -0.25) is 0 Å². The Morgan fingerprint density at radius 1 is 0.589 bits per heavy atom. The van der Waals surface area contributed by atoms with Gasteiger partial charge < -0.3 is 14.8 Å². The maximum Gasteiger partial charge on any atom is 0.198 e. The lowest BCUT2D eigenvalue weighted by Gasteiger charge is -2.42. The molecular weight excluding hydrogens is 902 g/mol. The van der Waals surface area contributed by atoms with Crippen LogP contribution >= 0.6 is 11.3 Å². The van der Waals surface area contributed by atoms with E-state index in [0.717, 1.165) is 29.9 Å². The van der Waals surface area contributed by atoms with Crippen molar-refractivity contribution in [3.05, 3.63) is 191 Å². The van der Waals surface area contributed by atoms with Crippen molar-refractivity contribution in [1.29, 1.82) is 0 Å². The highest BCUT2D eigenvalue weighted by Gasteiger charge is 2.43. The topological polar surface area (TPSA) is 20.2 Å². The Bertz CT molecular complexity index is 4110. The third kappa shape index (κ3) is 6.43. The van der Waals surface area contributed by atoms with Crippen LogP contribution in [0.15, 0.2) is 152 Å². The zero-order valence-corrected chi connectivity index (χ0v) is 44.8. The summed E-state index contributed by atoms with van der Waals surface area (Å²) < 4.78 is 5.29. The summed E-state index contributed by atoms with van der Waals surface area (Å²) in [5, 5.41) is 9.31. The lowest BCUT2D eigenvalue weighted by atomic mass is 9.58. The van der Waals surface area contributed by atoms with E-state index in [1.165, 1.54) is 138 Å². The molecule has 0 radical (unpaired) electrons. The summed E-state index contributed by atoms with van der Waals surface area (Å²) in [5.41, 5.74) is 27.0. The molecule has 14 rings (SSSR count). The van der Waals surface area contributed by atoms with Gasteiger partial charge in [0.25, 0.3) is 0 Å². The predicted octanol–water partition coefficient (Wildman–Crippen LogP) is 16.7. The molecule has 73 heavy (non-hydrogen) atoms. The molecule has 2 aliphatic carbocycles. The summed E-state index contributed by atoms with van der Waals surface area (Å²) in [6, 6.07) is 53.9. The first kappa shape index (κ1) is 44.6. The van der Waals surface area contributed by atoms with E-state index in [0.29, 0.717) is 0 Å². The smallest absolute Gasteiger partial charge is 0.198 e. The first-order valence-electron chi connectivity index (χ1n) is 26.4. The van der Waals surface area contributed by atoms with Crippen LogP contribution in [0.25, 0.3) is 81.2 Å². The third-order valence-electron chi connectivity index (χ3n) is 17.9. The van der Waals surface area contributed by atoms with Gasteiger partial charge >= 0.3 is 0 Å². The lowest BCUT2D eigenvalue weighted by molar-refractivity contribution is 0.331. The molecule has 0 unspecified atom stereocenters. The molecule has 4 heterocycles. The molecule has 1 N–H and O–H groups in total. The zero-order valence-electron chi connectivity index (χ0n) is 44.0. The molecule has 4 aliphatic rings. The Morgan fingerprint density at radius 2 is 1.29 bits per heavy atom. The number of nitrogens with one attached hydrogen (secondary N) is 1. The maximum atomic E-state index is 4.72. The van der Waals surface area contributed by atoms with Crippen molar-refractivity contribution in [2.24, 2.45) is 0 Å². The SMILES string of the molecule is C=C1C=C(c2ccccc2)N(C)c2cc3c(cc21)Bc1c(-c2cc4c(cc2Nc2ccc(C(C)(C)C)cc2)C(C)(C)c2cc5c(cc2-4)C(C)(C)CCC5(C)C)ccc2c4cc5sc6ccccc6c5cc4n-3c12. The number of allylic oxidation sites excluding steroid dienone is 2. The Morgan fingerprint density at radius 3 is 2.04 bits per heavy atom. The van der Waals surface area contributed by atoms with Crippen molar-refractivity contribution in [2.45, 2.75) is 96.8 Å². The van der Waals surface area contributed by atoms with E-state index < -0.39 is 0 Å². The van der Waals surface area contributed by atoms with Crippen molar-refractivity contribution in [3.8, 4) is 27.9 Å². The normalized spacial score (nSPS) is 16.8. The molecule has 5 heteroatoms. The van der Waals surface area contributed by atoms with Crippen molar-refractivity contribution < 1.29 is 0 Å². The van der Waals surface area contributed by atoms with Crippen LogP contribution in [0.5, 0.6) is 0 Å².